The number of halogens is 6. The number of aromatic nitrogens is 9. The van der Waals surface area contributed by atoms with Crippen molar-refractivity contribution >= 4 is 120 Å². The first-order valence-electron chi connectivity index (χ1n) is 26.6. The van der Waals surface area contributed by atoms with Crippen LogP contribution in [0.15, 0.2) is 106 Å². The number of hydrogen-bond donors (Lipinski definition) is 7. The maximum Gasteiger partial charge on any atom is 0.268 e. The molecule has 3 aliphatic rings. The Balaban J connectivity index is 0.000000139. The second-order valence-electron chi connectivity index (χ2n) is 20.5. The third kappa shape index (κ3) is 12.3. The Hall–Kier alpha value is -8.18. The van der Waals surface area contributed by atoms with E-state index >= 15 is 0 Å². The SMILES string of the molecule is CNC(=O)c1cnc(N)nc1N[C@@H](C)c1cc2cccc(Cl)c2c(=O)n1C1CC1.C[C@H](Nc1nc(N)ncc1Cl)c1cc2cccc(Cl)c2c(=O)n1C1CC1.C[C@H](Nc1ncc(C(F)F)c(N)n1)c1cc2cccc(Cl)c2c(=O)n1C1CC1. The molecule has 0 unspecified atom stereocenters. The minimum atomic E-state index is -2.74. The lowest BCUT2D eigenvalue weighted by atomic mass is 10.1. The van der Waals surface area contributed by atoms with Crippen LogP contribution in [0, 0.1) is 0 Å². The summed E-state index contributed by atoms with van der Waals surface area (Å²) in [5, 5.41) is 17.7. The number of amides is 1. The monoisotopic (exact) mass is 1210 g/mol. The zero-order chi connectivity index (χ0) is 59.1. The van der Waals surface area contributed by atoms with Crippen LogP contribution in [0.25, 0.3) is 32.3 Å². The van der Waals surface area contributed by atoms with Crippen molar-refractivity contribution < 1.29 is 13.6 Å². The zero-order valence-corrected chi connectivity index (χ0v) is 48.1. The highest BCUT2D eigenvalue weighted by Gasteiger charge is 2.33. The Labute approximate surface area is 492 Å². The second-order valence-corrected chi connectivity index (χ2v) is 22.1. The number of nitrogens with two attached hydrogens (primary N) is 3. The molecule has 3 fully saturated rings. The quantitative estimate of drug-likeness (QED) is 0.0533. The van der Waals surface area contributed by atoms with Gasteiger partial charge in [-0.15, -0.1) is 0 Å². The molecule has 0 spiro atoms. The summed E-state index contributed by atoms with van der Waals surface area (Å²) in [5.41, 5.74) is 19.0. The number of nitrogens with one attached hydrogen (secondary N) is 4. The molecule has 26 heteroatoms. The van der Waals surface area contributed by atoms with Gasteiger partial charge >= 0.3 is 0 Å². The average Bonchev–Trinajstić information content (AvgIpc) is 3.96. The molecule has 3 saturated carbocycles. The van der Waals surface area contributed by atoms with E-state index in [4.69, 9.17) is 63.6 Å². The molecule has 3 aliphatic carbocycles. The van der Waals surface area contributed by atoms with E-state index in [0.29, 0.717) is 47.9 Å². The fourth-order valence-electron chi connectivity index (χ4n) is 9.94. The normalized spacial score (nSPS) is 15.0. The van der Waals surface area contributed by atoms with Crippen molar-refractivity contribution in [3.63, 3.8) is 0 Å². The molecule has 6 aromatic heterocycles. The number of alkyl halides is 2. The van der Waals surface area contributed by atoms with Crippen molar-refractivity contribution in [2.24, 2.45) is 0 Å². The Kier molecular flexibility index (Phi) is 16.8. The van der Waals surface area contributed by atoms with Gasteiger partial charge in [0.2, 0.25) is 17.8 Å². The highest BCUT2D eigenvalue weighted by molar-refractivity contribution is 6.36. The van der Waals surface area contributed by atoms with Crippen molar-refractivity contribution in [2.45, 2.75) is 102 Å². The summed E-state index contributed by atoms with van der Waals surface area (Å²) in [6.07, 6.45) is 6.79. The number of anilines is 6. The standard InChI is InChI=1S/C20H21ClN6O2.C19H18ClF2N5O.C18H17Cl2N5O/c1-10(25-17-13(18(28)23-2)9-24-20(22)26-17)15-8-11-4-3-5-14(21)16(11)19(29)27(15)12-6-7-12;1-9(25-19-24-8-12(16(21)22)17(23)26-19)14-7-10-3-2-4-13(20)15(10)18(28)27(14)11-5-6-11;1-9(23-16-13(20)8-22-18(21)24-16)14-7-10-3-2-4-12(19)15(10)17(26)25(14)11-5-6-11/h3-5,8-10,12H,6-7H2,1-2H3,(H,23,28)(H3,22,24,25,26);2-4,7-9,11,16H,5-6H2,1H3,(H3,23,24,25,26);2-4,7-9,11H,5-6H2,1H3,(H3,21,22,23,24)/t10-;2*9-/m000/s1. The largest absolute Gasteiger partial charge is 0.383 e. The number of rotatable bonds is 14. The summed E-state index contributed by atoms with van der Waals surface area (Å²) >= 11 is 25.0. The highest BCUT2D eigenvalue weighted by atomic mass is 35.5. The van der Waals surface area contributed by atoms with Gasteiger partial charge in [-0.25, -0.2) is 23.7 Å². The molecule has 3 aromatic carbocycles. The molecular weight excluding hydrogens is 1150 g/mol. The van der Waals surface area contributed by atoms with Gasteiger partial charge in [-0.1, -0.05) is 82.8 Å². The van der Waals surface area contributed by atoms with Gasteiger partial charge in [0.1, 0.15) is 22.2 Å². The zero-order valence-electron chi connectivity index (χ0n) is 45.1. The molecule has 0 bridgehead atoms. The van der Waals surface area contributed by atoms with E-state index in [0.717, 1.165) is 78.0 Å². The molecule has 430 valence electrons. The molecule has 10 N–H and O–H groups in total. The molecule has 0 saturated heterocycles. The maximum atomic E-state index is 13.2. The van der Waals surface area contributed by atoms with Crippen LogP contribution in [0.5, 0.6) is 0 Å². The lowest BCUT2D eigenvalue weighted by molar-refractivity contribution is 0.0963. The fourth-order valence-corrected chi connectivity index (χ4v) is 10.9. The average molecular weight is 1210 g/mol. The Morgan fingerprint density at radius 1 is 0.554 bits per heavy atom. The summed E-state index contributed by atoms with van der Waals surface area (Å²) in [5.74, 6) is 0.453. The number of nitrogen functional groups attached to an aromatic ring is 3. The molecule has 0 radical (unpaired) electrons. The van der Waals surface area contributed by atoms with E-state index in [-0.39, 0.29) is 88.1 Å². The van der Waals surface area contributed by atoms with E-state index in [9.17, 15) is 28.0 Å². The topological polar surface area (TPSA) is 287 Å². The lowest BCUT2D eigenvalue weighted by Gasteiger charge is -2.22. The van der Waals surface area contributed by atoms with Gasteiger partial charge < -0.3 is 52.2 Å². The molecule has 3 atom stereocenters. The predicted octanol–water partition coefficient (Wildman–Crippen LogP) is 11.6. The van der Waals surface area contributed by atoms with Crippen LogP contribution < -0.4 is 55.1 Å². The van der Waals surface area contributed by atoms with Crippen molar-refractivity contribution in [1.29, 1.82) is 0 Å². The number of fused-ring (bicyclic) bond motifs is 3. The van der Waals surface area contributed by atoms with Gasteiger partial charge in [0.25, 0.3) is 29.0 Å². The first-order valence-corrected chi connectivity index (χ1v) is 28.1. The van der Waals surface area contributed by atoms with E-state index in [1.165, 1.54) is 19.4 Å². The van der Waals surface area contributed by atoms with Crippen molar-refractivity contribution in [1.82, 2.24) is 48.9 Å². The molecule has 20 nitrogen and oxygen atoms in total. The van der Waals surface area contributed by atoms with Gasteiger partial charge in [-0.2, -0.15) is 15.0 Å². The predicted molar refractivity (Wildman–Crippen MR) is 323 cm³/mol. The van der Waals surface area contributed by atoms with Crippen LogP contribution in [0.1, 0.15) is 135 Å². The highest BCUT2D eigenvalue weighted by Crippen LogP contribution is 2.41. The minimum Gasteiger partial charge on any atom is -0.383 e. The summed E-state index contributed by atoms with van der Waals surface area (Å²) in [4.78, 5) is 75.5. The first-order chi connectivity index (χ1) is 39.7. The van der Waals surface area contributed by atoms with Crippen LogP contribution in [0.3, 0.4) is 0 Å². The summed E-state index contributed by atoms with van der Waals surface area (Å²) in [6.45, 7) is 5.72. The van der Waals surface area contributed by atoms with Crippen molar-refractivity contribution in [2.75, 3.05) is 40.2 Å². The Morgan fingerprint density at radius 2 is 0.952 bits per heavy atom. The van der Waals surface area contributed by atoms with E-state index in [2.05, 4.69) is 51.2 Å². The molecule has 83 heavy (non-hydrogen) atoms. The molecule has 9 aromatic rings. The number of nitrogens with zero attached hydrogens (tertiary/aromatic N) is 9. The van der Waals surface area contributed by atoms with E-state index in [1.807, 2.05) is 73.9 Å². The third-order valence-corrected chi connectivity index (χ3v) is 15.6. The number of carbonyl (C=O) groups excluding carboxylic acids is 1. The lowest BCUT2D eigenvalue weighted by Crippen LogP contribution is -2.27. The fraction of sp³-hybridized carbons (Fsp3) is 0.298. The van der Waals surface area contributed by atoms with Gasteiger partial charge in [0.15, 0.2) is 5.82 Å². The summed E-state index contributed by atoms with van der Waals surface area (Å²) in [7, 11) is 1.53. The van der Waals surface area contributed by atoms with Crippen LogP contribution in [-0.2, 0) is 0 Å². The van der Waals surface area contributed by atoms with Crippen molar-refractivity contribution in [3.8, 4) is 0 Å². The summed E-state index contributed by atoms with van der Waals surface area (Å²) in [6, 6.07) is 21.7. The molecule has 0 aliphatic heterocycles. The summed E-state index contributed by atoms with van der Waals surface area (Å²) < 4.78 is 31.1. The van der Waals surface area contributed by atoms with Crippen LogP contribution in [0.2, 0.25) is 20.1 Å². The molecule has 6 heterocycles. The Morgan fingerprint density at radius 3 is 1.35 bits per heavy atom. The molecule has 1 amide bonds. The number of hydrogen-bond acceptors (Lipinski definition) is 16. The first kappa shape index (κ1) is 58.0. The van der Waals surface area contributed by atoms with E-state index in [1.54, 1.807) is 33.4 Å². The van der Waals surface area contributed by atoms with Gasteiger partial charge in [0, 0.05) is 54.6 Å². The van der Waals surface area contributed by atoms with Crippen LogP contribution >= 0.6 is 46.4 Å². The molecular formula is C57H56Cl4F2N16O4. The number of carbonyl (C=O) groups is 1. The van der Waals surface area contributed by atoms with Gasteiger partial charge in [-0.3, -0.25) is 19.2 Å². The van der Waals surface area contributed by atoms with Crippen molar-refractivity contribution in [3.05, 3.63) is 171 Å². The molecule has 12 rings (SSSR count). The smallest absolute Gasteiger partial charge is 0.268 e. The van der Waals surface area contributed by atoms with E-state index < -0.39 is 12.0 Å². The second kappa shape index (κ2) is 24.0. The number of benzene rings is 3. The van der Waals surface area contributed by atoms with Gasteiger partial charge in [-0.05, 0) is 112 Å². The third-order valence-electron chi connectivity index (χ3n) is 14.4. The van der Waals surface area contributed by atoms with Crippen LogP contribution in [0.4, 0.5) is 44.1 Å². The van der Waals surface area contributed by atoms with Crippen LogP contribution in [-0.4, -0.2) is 56.6 Å². The Bertz CT molecular complexity index is 4190. The number of pyridine rings is 3. The maximum absolute atomic E-state index is 13.2. The van der Waals surface area contributed by atoms with Gasteiger partial charge in [0.05, 0.1) is 61.1 Å². The minimum absolute atomic E-state index is 0.0530.